The minimum atomic E-state index is -4.56. The maximum Gasteiger partial charge on any atom is 0.416 e. The molecule has 2 amide bonds. The van der Waals surface area contributed by atoms with Gasteiger partial charge in [-0.25, -0.2) is 4.98 Å². The van der Waals surface area contributed by atoms with Crippen molar-refractivity contribution in [1.29, 1.82) is 0 Å². The highest BCUT2D eigenvalue weighted by Crippen LogP contribution is 2.32. The second kappa shape index (κ2) is 11.3. The number of carbonyl (C=O) groups excluding carboxylic acids is 2. The molecule has 0 aliphatic rings. The number of hydrogen-bond acceptors (Lipinski definition) is 7. The van der Waals surface area contributed by atoms with E-state index in [0.29, 0.717) is 10.7 Å². The summed E-state index contributed by atoms with van der Waals surface area (Å²) in [6, 6.07) is 17.5. The number of nitrogens with one attached hydrogen (secondary N) is 2. The van der Waals surface area contributed by atoms with E-state index in [1.807, 2.05) is 30.3 Å². The Morgan fingerprint density at radius 1 is 1.00 bits per heavy atom. The fraction of sp³-hybridized carbons (Fsp3) is 0.115. The molecule has 198 valence electrons. The van der Waals surface area contributed by atoms with Gasteiger partial charge in [0.15, 0.2) is 16.1 Å². The largest absolute Gasteiger partial charge is 0.416 e. The second-order valence-electron chi connectivity index (χ2n) is 8.17. The average molecular weight is 569 g/mol. The lowest BCUT2D eigenvalue weighted by molar-refractivity contribution is -0.137. The molecule has 0 unspecified atom stereocenters. The summed E-state index contributed by atoms with van der Waals surface area (Å²) >= 11 is 2.26. The molecule has 13 heteroatoms. The Kier molecular flexibility index (Phi) is 7.61. The Bertz CT molecular complexity index is 1630. The standard InChI is InChI=1S/C26H19F3N6O2S2/c27-26(28,29)17-7-4-8-18(13-17)35-21(33-34-25(35)39-15-22(36)32-24-30-11-12-38-24)14-31-23(37)20-10-3-6-16-5-1-2-9-19(16)20/h1-13H,14-15H2,(H,31,37)(H,30,32,36). The van der Waals surface area contributed by atoms with Gasteiger partial charge in [-0.15, -0.1) is 21.5 Å². The summed E-state index contributed by atoms with van der Waals surface area (Å²) in [6.45, 7) is -0.114. The Hall–Kier alpha value is -4.23. The number of hydrogen-bond donors (Lipinski definition) is 2. The zero-order valence-corrected chi connectivity index (χ0v) is 21.6. The van der Waals surface area contributed by atoms with Gasteiger partial charge >= 0.3 is 6.18 Å². The summed E-state index contributed by atoms with van der Waals surface area (Å²) in [5.41, 5.74) is -0.254. The molecule has 0 fully saturated rings. The van der Waals surface area contributed by atoms with Gasteiger partial charge in [0.25, 0.3) is 5.91 Å². The number of amides is 2. The van der Waals surface area contributed by atoms with E-state index in [0.717, 1.165) is 34.7 Å². The smallest absolute Gasteiger partial charge is 0.345 e. The van der Waals surface area contributed by atoms with Crippen LogP contribution in [0.1, 0.15) is 21.7 Å². The third-order valence-electron chi connectivity index (χ3n) is 5.58. The van der Waals surface area contributed by atoms with E-state index < -0.39 is 11.7 Å². The molecular weight excluding hydrogens is 549 g/mol. The highest BCUT2D eigenvalue weighted by molar-refractivity contribution is 7.99. The Morgan fingerprint density at radius 3 is 2.59 bits per heavy atom. The van der Waals surface area contributed by atoms with Gasteiger partial charge in [0.05, 0.1) is 23.5 Å². The zero-order valence-electron chi connectivity index (χ0n) is 20.0. The van der Waals surface area contributed by atoms with Gasteiger partial charge in [0.1, 0.15) is 0 Å². The number of anilines is 1. The summed E-state index contributed by atoms with van der Waals surface area (Å²) in [4.78, 5) is 29.4. The number of halogens is 3. The number of fused-ring (bicyclic) bond motifs is 1. The van der Waals surface area contributed by atoms with Crippen molar-refractivity contribution < 1.29 is 22.8 Å². The van der Waals surface area contributed by atoms with Gasteiger partial charge in [-0.05, 0) is 35.0 Å². The van der Waals surface area contributed by atoms with Crippen LogP contribution in [-0.4, -0.2) is 37.3 Å². The highest BCUT2D eigenvalue weighted by Gasteiger charge is 2.31. The molecule has 0 radical (unpaired) electrons. The number of rotatable bonds is 8. The first kappa shape index (κ1) is 26.4. The number of aromatic nitrogens is 4. The fourth-order valence-corrected chi connectivity index (χ4v) is 5.15. The van der Waals surface area contributed by atoms with Crippen molar-refractivity contribution in [3.63, 3.8) is 0 Å². The Balaban J connectivity index is 1.41. The predicted molar refractivity (Wildman–Crippen MR) is 143 cm³/mol. The molecule has 0 saturated heterocycles. The van der Waals surface area contributed by atoms with Crippen LogP contribution in [0.15, 0.2) is 83.5 Å². The van der Waals surface area contributed by atoms with E-state index in [1.165, 1.54) is 28.0 Å². The second-order valence-corrected chi connectivity index (χ2v) is 10.0. The first-order valence-corrected chi connectivity index (χ1v) is 13.4. The van der Waals surface area contributed by atoms with E-state index in [2.05, 4.69) is 25.8 Å². The van der Waals surface area contributed by atoms with Crippen molar-refractivity contribution in [2.24, 2.45) is 0 Å². The van der Waals surface area contributed by atoms with E-state index in [4.69, 9.17) is 0 Å². The van der Waals surface area contributed by atoms with Gasteiger partial charge in [0.2, 0.25) is 5.91 Å². The Morgan fingerprint density at radius 2 is 1.79 bits per heavy atom. The van der Waals surface area contributed by atoms with E-state index >= 15 is 0 Å². The van der Waals surface area contributed by atoms with Crippen LogP contribution in [0.4, 0.5) is 18.3 Å². The fourth-order valence-electron chi connectivity index (χ4n) is 3.84. The van der Waals surface area contributed by atoms with E-state index in [9.17, 15) is 22.8 Å². The molecule has 3 aromatic carbocycles. The van der Waals surface area contributed by atoms with Crippen LogP contribution >= 0.6 is 23.1 Å². The minimum Gasteiger partial charge on any atom is -0.345 e. The van der Waals surface area contributed by atoms with E-state index in [-0.39, 0.29) is 40.8 Å². The maximum absolute atomic E-state index is 13.5. The van der Waals surface area contributed by atoms with Crippen LogP contribution in [0.25, 0.3) is 16.5 Å². The van der Waals surface area contributed by atoms with Crippen molar-refractivity contribution in [2.45, 2.75) is 17.9 Å². The van der Waals surface area contributed by atoms with Crippen LogP contribution in [0.5, 0.6) is 0 Å². The highest BCUT2D eigenvalue weighted by atomic mass is 32.2. The molecule has 0 atom stereocenters. The van der Waals surface area contributed by atoms with Gasteiger partial charge in [-0.3, -0.25) is 14.2 Å². The number of nitrogens with zero attached hydrogens (tertiary/aromatic N) is 4. The maximum atomic E-state index is 13.5. The lowest BCUT2D eigenvalue weighted by atomic mass is 10.0. The molecule has 5 aromatic rings. The number of benzene rings is 3. The van der Waals surface area contributed by atoms with Crippen LogP contribution in [0.2, 0.25) is 0 Å². The van der Waals surface area contributed by atoms with Gasteiger partial charge in [-0.1, -0.05) is 54.2 Å². The quantitative estimate of drug-likeness (QED) is 0.238. The van der Waals surface area contributed by atoms with Crippen LogP contribution < -0.4 is 10.6 Å². The molecule has 0 aliphatic carbocycles. The van der Waals surface area contributed by atoms with Crippen molar-refractivity contribution in [2.75, 3.05) is 11.1 Å². The number of thiazole rings is 1. The van der Waals surface area contributed by atoms with Gasteiger partial charge in [0, 0.05) is 17.1 Å². The van der Waals surface area contributed by atoms with Crippen LogP contribution in [0, 0.1) is 0 Å². The summed E-state index contributed by atoms with van der Waals surface area (Å²) in [5.74, 6) is -0.619. The third-order valence-corrected chi connectivity index (χ3v) is 7.20. The van der Waals surface area contributed by atoms with Gasteiger partial charge < -0.3 is 10.6 Å². The summed E-state index contributed by atoms with van der Waals surface area (Å²) in [5, 5.41) is 17.7. The van der Waals surface area contributed by atoms with Crippen LogP contribution in [0.3, 0.4) is 0 Å². The van der Waals surface area contributed by atoms with E-state index in [1.54, 1.807) is 23.7 Å². The topological polar surface area (TPSA) is 102 Å². The molecule has 0 bridgehead atoms. The van der Waals surface area contributed by atoms with Gasteiger partial charge in [-0.2, -0.15) is 13.2 Å². The average Bonchev–Trinajstić information content (AvgIpc) is 3.59. The number of alkyl halides is 3. The first-order valence-electron chi connectivity index (χ1n) is 11.5. The predicted octanol–water partition coefficient (Wildman–Crippen LogP) is 5.56. The molecule has 2 heterocycles. The van der Waals surface area contributed by atoms with Crippen molar-refractivity contribution in [1.82, 2.24) is 25.1 Å². The van der Waals surface area contributed by atoms with Crippen molar-refractivity contribution in [3.8, 4) is 5.69 Å². The monoisotopic (exact) mass is 568 g/mol. The summed E-state index contributed by atoms with van der Waals surface area (Å²) in [7, 11) is 0. The first-order chi connectivity index (χ1) is 18.8. The third kappa shape index (κ3) is 6.10. The minimum absolute atomic E-state index is 0.0843. The molecule has 0 aliphatic heterocycles. The zero-order chi connectivity index (χ0) is 27.4. The molecule has 8 nitrogen and oxygen atoms in total. The molecule has 0 saturated carbocycles. The van der Waals surface area contributed by atoms with Crippen molar-refractivity contribution >= 4 is 50.8 Å². The number of thioether (sulfide) groups is 1. The SMILES string of the molecule is O=C(CSc1nnc(CNC(=O)c2cccc3ccccc23)n1-c1cccc(C(F)(F)F)c1)Nc1nccs1. The lowest BCUT2D eigenvalue weighted by Crippen LogP contribution is -2.25. The molecule has 2 aromatic heterocycles. The molecule has 39 heavy (non-hydrogen) atoms. The summed E-state index contributed by atoms with van der Waals surface area (Å²) < 4.78 is 41.8. The van der Waals surface area contributed by atoms with Crippen molar-refractivity contribution in [3.05, 3.63) is 95.3 Å². The lowest BCUT2D eigenvalue weighted by Gasteiger charge is -2.14. The molecule has 5 rings (SSSR count). The number of carbonyl (C=O) groups is 2. The Labute approximate surface area is 228 Å². The van der Waals surface area contributed by atoms with Crippen LogP contribution in [-0.2, 0) is 17.5 Å². The molecular formula is C26H19F3N6O2S2. The normalized spacial score (nSPS) is 11.5. The summed E-state index contributed by atoms with van der Waals surface area (Å²) in [6.07, 6.45) is -3.01. The molecule has 2 N–H and O–H groups in total. The molecule has 0 spiro atoms.